The number of nitrogens with zero attached hydrogens (tertiary/aromatic N) is 4. The van der Waals surface area contributed by atoms with Crippen LogP contribution in [0.5, 0.6) is 17.2 Å². The van der Waals surface area contributed by atoms with Gasteiger partial charge in [0, 0.05) is 61.8 Å². The third kappa shape index (κ3) is 10.4. The summed E-state index contributed by atoms with van der Waals surface area (Å²) < 4.78 is 35.1. The SMILES string of the molecule is C=CCOC12Oc3ccc(Oc4cccc([N+](=O)[O-])c4)cc3C3C(CCCCO)C(CCCCO)C=C(C(=NOCc4ccc([N+](=O)[O-])cc4)CC1N(Cc1ccc(F)cc1)C(=O)C1CC1)C32. The fraction of sp³-hybridized carbons (Fsp3) is 0.412. The molecule has 2 fully saturated rings. The van der Waals surface area contributed by atoms with E-state index in [1.807, 2.05) is 12.1 Å². The van der Waals surface area contributed by atoms with E-state index in [2.05, 4.69) is 12.7 Å². The minimum Gasteiger partial charge on any atom is -0.459 e. The lowest BCUT2D eigenvalue weighted by atomic mass is 9.55. The number of unbranched alkanes of at least 4 members (excludes halogenated alkanes) is 2. The molecule has 4 aromatic rings. The third-order valence-electron chi connectivity index (χ3n) is 13.3. The highest BCUT2D eigenvalue weighted by Gasteiger charge is 2.66. The van der Waals surface area contributed by atoms with E-state index in [-0.39, 0.29) is 86.1 Å². The van der Waals surface area contributed by atoms with Crippen molar-refractivity contribution in [2.75, 3.05) is 19.8 Å². The van der Waals surface area contributed by atoms with Gasteiger partial charge in [-0.3, -0.25) is 25.0 Å². The minimum absolute atomic E-state index is 0.00661. The standard InChI is InChI=1S/C51H55FN4O11/c1-2-26-64-51-47(54(50(59)35-16-17-35)31-33-12-18-37(52)19-13-33)30-45(53-65-32-34-14-20-38(21-15-34)55(60)61)43-27-36(8-3-5-24-57)42(11-4-6-25-58)48(49(43)51)44-29-41(22-23-46(44)67-51)66-40-10-7-9-39(28-40)56(62)63/h2,7,9-10,12-15,18-23,27-29,35-36,42,47-49,57-58H,1,3-6,8,11,16-17,24-26,30-32H2. The molecule has 16 heteroatoms. The summed E-state index contributed by atoms with van der Waals surface area (Å²) in [5.41, 5.74) is 3.33. The number of oxime groups is 1. The number of allylic oxidation sites excluding steroid dienone is 1. The molecule has 6 unspecified atom stereocenters. The monoisotopic (exact) mass is 918 g/mol. The predicted molar refractivity (Wildman–Crippen MR) is 246 cm³/mol. The summed E-state index contributed by atoms with van der Waals surface area (Å²) in [4.78, 5) is 44.9. The highest BCUT2D eigenvalue weighted by molar-refractivity contribution is 6.03. The van der Waals surface area contributed by atoms with Crippen LogP contribution >= 0.6 is 0 Å². The van der Waals surface area contributed by atoms with Crippen LogP contribution in [0.15, 0.2) is 120 Å². The molecule has 8 rings (SSSR count). The molecule has 0 saturated heterocycles. The number of carbonyl (C=O) groups excluding carboxylic acids is 1. The molecule has 3 aliphatic carbocycles. The molecule has 15 nitrogen and oxygen atoms in total. The van der Waals surface area contributed by atoms with Gasteiger partial charge in [0.15, 0.2) is 0 Å². The molecule has 1 amide bonds. The largest absolute Gasteiger partial charge is 0.459 e. The van der Waals surface area contributed by atoms with Crippen molar-refractivity contribution in [3.63, 3.8) is 0 Å². The van der Waals surface area contributed by atoms with E-state index >= 15 is 0 Å². The van der Waals surface area contributed by atoms with Crippen molar-refractivity contribution < 1.29 is 48.3 Å². The third-order valence-corrected chi connectivity index (χ3v) is 13.3. The van der Waals surface area contributed by atoms with E-state index in [0.29, 0.717) is 66.9 Å². The Morgan fingerprint density at radius 1 is 0.896 bits per heavy atom. The van der Waals surface area contributed by atoms with Gasteiger partial charge in [-0.1, -0.05) is 48.3 Å². The van der Waals surface area contributed by atoms with Gasteiger partial charge in [0.2, 0.25) is 11.7 Å². The number of carbonyl (C=O) groups is 1. The van der Waals surface area contributed by atoms with Gasteiger partial charge in [-0.05, 0) is 116 Å². The summed E-state index contributed by atoms with van der Waals surface area (Å²) in [7, 11) is 0. The lowest BCUT2D eigenvalue weighted by molar-refractivity contribution is -0.385. The number of nitro groups is 2. The Morgan fingerprint density at radius 2 is 1.60 bits per heavy atom. The number of hydrogen-bond donors (Lipinski definition) is 2. The first-order valence-corrected chi connectivity index (χ1v) is 22.9. The van der Waals surface area contributed by atoms with Gasteiger partial charge in [-0.15, -0.1) is 6.58 Å². The van der Waals surface area contributed by atoms with E-state index in [9.17, 15) is 39.6 Å². The Bertz CT molecular complexity index is 2490. The number of amides is 1. The van der Waals surface area contributed by atoms with E-state index in [1.165, 1.54) is 36.4 Å². The normalized spacial score (nSPS) is 23.2. The van der Waals surface area contributed by atoms with E-state index in [0.717, 1.165) is 24.0 Å². The predicted octanol–water partition coefficient (Wildman–Crippen LogP) is 9.71. The van der Waals surface area contributed by atoms with Crippen molar-refractivity contribution in [1.29, 1.82) is 0 Å². The Balaban J connectivity index is 1.32. The topological polar surface area (TPSA) is 196 Å². The van der Waals surface area contributed by atoms with Crippen molar-refractivity contribution >= 4 is 23.0 Å². The summed E-state index contributed by atoms with van der Waals surface area (Å²) in [5.74, 6) is -2.28. The van der Waals surface area contributed by atoms with Crippen molar-refractivity contribution in [1.82, 2.24) is 4.90 Å². The number of halogens is 1. The molecule has 1 heterocycles. The van der Waals surface area contributed by atoms with Crippen LogP contribution in [-0.2, 0) is 27.5 Å². The number of hydrogen-bond acceptors (Lipinski definition) is 12. The van der Waals surface area contributed by atoms with Gasteiger partial charge < -0.3 is 34.2 Å². The van der Waals surface area contributed by atoms with Crippen molar-refractivity contribution in [3.8, 4) is 17.2 Å². The fourth-order valence-electron chi connectivity index (χ4n) is 10.1. The van der Waals surface area contributed by atoms with Crippen molar-refractivity contribution in [2.45, 2.75) is 88.7 Å². The van der Waals surface area contributed by atoms with Gasteiger partial charge >= 0.3 is 0 Å². The van der Waals surface area contributed by atoms with Gasteiger partial charge in [-0.25, -0.2) is 4.39 Å². The number of ether oxygens (including phenoxy) is 3. The van der Waals surface area contributed by atoms with Crippen LogP contribution in [0.2, 0.25) is 0 Å². The number of aliphatic hydroxyl groups excluding tert-OH is 2. The minimum atomic E-state index is -1.55. The number of aliphatic hydroxyl groups is 2. The van der Waals surface area contributed by atoms with Crippen LogP contribution in [0, 0.1) is 49.7 Å². The molecule has 352 valence electrons. The number of nitro benzene ring substituents is 2. The van der Waals surface area contributed by atoms with Crippen molar-refractivity contribution in [2.24, 2.45) is 28.8 Å². The summed E-state index contributed by atoms with van der Waals surface area (Å²) in [5, 5.41) is 47.9. The maximum absolute atomic E-state index is 14.8. The molecule has 67 heavy (non-hydrogen) atoms. The summed E-state index contributed by atoms with van der Waals surface area (Å²) >= 11 is 0. The molecule has 2 saturated carbocycles. The second kappa shape index (κ2) is 21.0. The van der Waals surface area contributed by atoms with E-state index in [1.54, 1.807) is 53.4 Å². The molecule has 6 atom stereocenters. The molecule has 0 radical (unpaired) electrons. The van der Waals surface area contributed by atoms with Crippen LogP contribution < -0.4 is 9.47 Å². The van der Waals surface area contributed by atoms with Crippen LogP contribution in [0.1, 0.15) is 80.4 Å². The van der Waals surface area contributed by atoms with Crippen LogP contribution in [-0.4, -0.2) is 68.2 Å². The lowest BCUT2D eigenvalue weighted by Crippen LogP contribution is -2.70. The number of non-ortho nitro benzene ring substituents is 2. The molecule has 0 aromatic heterocycles. The second-order valence-corrected chi connectivity index (χ2v) is 17.7. The smallest absolute Gasteiger partial charge is 0.273 e. The molecule has 4 aromatic carbocycles. The molecule has 0 spiro atoms. The van der Waals surface area contributed by atoms with Gasteiger partial charge in [-0.2, -0.15) is 0 Å². The molecule has 0 bridgehead atoms. The van der Waals surface area contributed by atoms with Gasteiger partial charge in [0.25, 0.3) is 11.4 Å². The zero-order valence-electron chi connectivity index (χ0n) is 37.1. The summed E-state index contributed by atoms with van der Waals surface area (Å²) in [6.07, 6.45) is 9.41. The Kier molecular flexibility index (Phi) is 14.7. The lowest BCUT2D eigenvalue weighted by Gasteiger charge is -2.60. The summed E-state index contributed by atoms with van der Waals surface area (Å²) in [6, 6.07) is 22.7. The van der Waals surface area contributed by atoms with Crippen LogP contribution in [0.25, 0.3) is 0 Å². The molecular weight excluding hydrogens is 864 g/mol. The zero-order chi connectivity index (χ0) is 47.1. The Morgan fingerprint density at radius 3 is 2.28 bits per heavy atom. The first-order chi connectivity index (χ1) is 32.5. The number of benzene rings is 4. The molecule has 2 N–H and O–H groups in total. The van der Waals surface area contributed by atoms with Crippen LogP contribution in [0.4, 0.5) is 15.8 Å². The van der Waals surface area contributed by atoms with E-state index < -0.39 is 33.4 Å². The first kappa shape index (κ1) is 47.0. The highest BCUT2D eigenvalue weighted by Crippen LogP contribution is 2.62. The fourth-order valence-corrected chi connectivity index (χ4v) is 10.1. The van der Waals surface area contributed by atoms with Crippen molar-refractivity contribution in [3.05, 3.63) is 158 Å². The maximum atomic E-state index is 14.8. The molecular formula is C51H55FN4O11. The second-order valence-electron chi connectivity index (χ2n) is 17.7. The molecule has 1 aliphatic heterocycles. The maximum Gasteiger partial charge on any atom is 0.273 e. The Hall–Kier alpha value is -6.49. The zero-order valence-corrected chi connectivity index (χ0v) is 37.1. The van der Waals surface area contributed by atoms with E-state index in [4.69, 9.17) is 24.2 Å². The molecule has 4 aliphatic rings. The quantitative estimate of drug-likeness (QED) is 0.0330. The average molecular weight is 919 g/mol. The van der Waals surface area contributed by atoms with Gasteiger partial charge in [0.1, 0.15) is 35.7 Å². The van der Waals surface area contributed by atoms with Gasteiger partial charge in [0.05, 0.1) is 34.1 Å². The summed E-state index contributed by atoms with van der Waals surface area (Å²) in [6.45, 7) is 4.21. The average Bonchev–Trinajstić information content (AvgIpc) is 4.18. The highest BCUT2D eigenvalue weighted by atomic mass is 19.1. The first-order valence-electron chi connectivity index (χ1n) is 22.9. The Labute approximate surface area is 387 Å². The van der Waals surface area contributed by atoms with Crippen LogP contribution in [0.3, 0.4) is 0 Å². The number of rotatable bonds is 22. The number of fused-ring (bicyclic) bond motifs is 2.